The molecule has 0 N–H and O–H groups in total. The van der Waals surface area contributed by atoms with E-state index in [1.165, 1.54) is 10.9 Å². The average molecular weight is 324 g/mol. The molecule has 3 aromatic rings. The fourth-order valence-electron chi connectivity index (χ4n) is 2.22. The molecule has 0 unspecified atom stereocenters. The van der Waals surface area contributed by atoms with E-state index in [0.29, 0.717) is 16.7 Å². The Bertz CT molecular complexity index is 890. The van der Waals surface area contributed by atoms with Gasteiger partial charge in [-0.1, -0.05) is 30.3 Å². The van der Waals surface area contributed by atoms with Crippen LogP contribution >= 0.6 is 0 Å². The number of ether oxygens (including phenoxy) is 2. The molecule has 1 heterocycles. The van der Waals surface area contributed by atoms with Gasteiger partial charge in [0.2, 0.25) is 0 Å². The number of benzene rings is 2. The molecule has 0 atom stereocenters. The molecule has 0 aliphatic heterocycles. The molecule has 0 amide bonds. The van der Waals surface area contributed by atoms with Crippen molar-refractivity contribution in [2.24, 2.45) is 0 Å². The summed E-state index contributed by atoms with van der Waals surface area (Å²) >= 11 is 0. The minimum Gasteiger partial charge on any atom is -0.482 e. The number of fused-ring (bicyclic) bond motifs is 1. The van der Waals surface area contributed by atoms with Crippen LogP contribution in [-0.2, 0) is 16.1 Å². The maximum Gasteiger partial charge on any atom is 0.344 e. The first-order chi connectivity index (χ1) is 11.7. The Hall–Kier alpha value is -3.15. The number of para-hydroxylation sites is 2. The molecule has 0 spiro atoms. The van der Waals surface area contributed by atoms with Crippen molar-refractivity contribution in [2.75, 3.05) is 13.2 Å². The van der Waals surface area contributed by atoms with Crippen LogP contribution in [0.1, 0.15) is 0 Å². The second-order valence-corrected chi connectivity index (χ2v) is 5.08. The molecule has 2 aromatic carbocycles. The Labute approximate surface area is 138 Å². The summed E-state index contributed by atoms with van der Waals surface area (Å²) in [5.41, 5.74) is 0.490. The molecule has 24 heavy (non-hydrogen) atoms. The van der Waals surface area contributed by atoms with Crippen LogP contribution in [0, 0.1) is 0 Å². The summed E-state index contributed by atoms with van der Waals surface area (Å²) in [5, 5.41) is 0.540. The second kappa shape index (κ2) is 7.41. The molecule has 0 saturated carbocycles. The van der Waals surface area contributed by atoms with Crippen molar-refractivity contribution in [3.05, 3.63) is 71.3 Å². The summed E-state index contributed by atoms with van der Waals surface area (Å²) in [7, 11) is 0. The molecule has 0 saturated heterocycles. The summed E-state index contributed by atoms with van der Waals surface area (Å²) < 4.78 is 11.8. The van der Waals surface area contributed by atoms with Gasteiger partial charge >= 0.3 is 5.97 Å². The fourth-order valence-corrected chi connectivity index (χ4v) is 2.22. The topological polar surface area (TPSA) is 70.4 Å². The zero-order valence-corrected chi connectivity index (χ0v) is 12.9. The number of esters is 1. The van der Waals surface area contributed by atoms with Crippen molar-refractivity contribution in [3.63, 3.8) is 0 Å². The third kappa shape index (κ3) is 3.78. The first-order valence-electron chi connectivity index (χ1n) is 7.52. The van der Waals surface area contributed by atoms with Gasteiger partial charge in [0.1, 0.15) is 12.4 Å². The van der Waals surface area contributed by atoms with Gasteiger partial charge in [-0.15, -0.1) is 0 Å². The van der Waals surface area contributed by atoms with Crippen LogP contribution < -0.4 is 10.3 Å². The highest BCUT2D eigenvalue weighted by Gasteiger charge is 2.06. The lowest BCUT2D eigenvalue weighted by Crippen LogP contribution is -2.24. The lowest BCUT2D eigenvalue weighted by Gasteiger charge is -2.08. The van der Waals surface area contributed by atoms with Gasteiger partial charge in [0.05, 0.1) is 23.8 Å². The van der Waals surface area contributed by atoms with E-state index < -0.39 is 5.97 Å². The van der Waals surface area contributed by atoms with E-state index >= 15 is 0 Å². The van der Waals surface area contributed by atoms with Crippen LogP contribution in [0.5, 0.6) is 5.75 Å². The van der Waals surface area contributed by atoms with Gasteiger partial charge in [-0.3, -0.25) is 9.36 Å². The predicted molar refractivity (Wildman–Crippen MR) is 88.9 cm³/mol. The molecule has 6 nitrogen and oxygen atoms in total. The van der Waals surface area contributed by atoms with Crippen molar-refractivity contribution in [3.8, 4) is 5.75 Å². The molecule has 1 aromatic heterocycles. The van der Waals surface area contributed by atoms with Gasteiger partial charge in [0.15, 0.2) is 6.61 Å². The zero-order chi connectivity index (χ0) is 16.8. The zero-order valence-electron chi connectivity index (χ0n) is 12.9. The Balaban J connectivity index is 1.52. The lowest BCUT2D eigenvalue weighted by molar-refractivity contribution is -0.146. The molecule has 0 bridgehead atoms. The molecular weight excluding hydrogens is 308 g/mol. The largest absolute Gasteiger partial charge is 0.482 e. The number of carbonyl (C=O) groups excluding carboxylic acids is 1. The summed E-state index contributed by atoms with van der Waals surface area (Å²) in [6.45, 7) is 0.152. The van der Waals surface area contributed by atoms with Gasteiger partial charge in [-0.05, 0) is 24.3 Å². The van der Waals surface area contributed by atoms with Crippen LogP contribution in [0.2, 0.25) is 0 Å². The van der Waals surface area contributed by atoms with E-state index in [2.05, 4.69) is 4.98 Å². The van der Waals surface area contributed by atoms with Gasteiger partial charge < -0.3 is 9.47 Å². The van der Waals surface area contributed by atoms with E-state index in [-0.39, 0.29) is 25.3 Å². The predicted octanol–water partition coefficient (Wildman–Crippen LogP) is 2.02. The third-order valence-electron chi connectivity index (χ3n) is 3.43. The van der Waals surface area contributed by atoms with E-state index in [1.807, 2.05) is 24.3 Å². The minimum absolute atomic E-state index is 0.0803. The highest BCUT2D eigenvalue weighted by Crippen LogP contribution is 2.08. The van der Waals surface area contributed by atoms with Crippen LogP contribution in [-0.4, -0.2) is 28.7 Å². The molecule has 6 heteroatoms. The van der Waals surface area contributed by atoms with Gasteiger partial charge in [-0.2, -0.15) is 0 Å². The minimum atomic E-state index is -0.486. The monoisotopic (exact) mass is 324 g/mol. The van der Waals surface area contributed by atoms with Crippen LogP contribution in [0.3, 0.4) is 0 Å². The standard InChI is InChI=1S/C18H16N2O4/c21-17(12-24-14-6-2-1-3-7-14)23-11-10-20-13-19-16-9-5-4-8-15(16)18(20)22/h1-9,13H,10-12H2. The molecular formula is C18H16N2O4. The normalized spacial score (nSPS) is 10.5. The SMILES string of the molecule is O=C(COc1ccccc1)OCCn1cnc2ccccc2c1=O. The van der Waals surface area contributed by atoms with E-state index in [4.69, 9.17) is 9.47 Å². The number of carbonyl (C=O) groups is 1. The molecule has 0 radical (unpaired) electrons. The summed E-state index contributed by atoms with van der Waals surface area (Å²) in [4.78, 5) is 28.1. The Morgan fingerprint density at radius 1 is 1.04 bits per heavy atom. The van der Waals surface area contributed by atoms with Crippen molar-refractivity contribution >= 4 is 16.9 Å². The van der Waals surface area contributed by atoms with Crippen molar-refractivity contribution in [1.82, 2.24) is 9.55 Å². The quantitative estimate of drug-likeness (QED) is 0.649. The molecule has 0 aliphatic carbocycles. The number of rotatable bonds is 6. The van der Waals surface area contributed by atoms with Gasteiger partial charge in [0.25, 0.3) is 5.56 Å². The van der Waals surface area contributed by atoms with Crippen LogP contribution in [0.15, 0.2) is 65.7 Å². The molecule has 0 aliphatic rings. The highest BCUT2D eigenvalue weighted by atomic mass is 16.6. The van der Waals surface area contributed by atoms with E-state index in [1.54, 1.807) is 30.3 Å². The fraction of sp³-hybridized carbons (Fsp3) is 0.167. The number of aromatic nitrogens is 2. The molecule has 0 fully saturated rings. The summed E-state index contributed by atoms with van der Waals surface area (Å²) in [6, 6.07) is 16.1. The average Bonchev–Trinajstić information content (AvgIpc) is 2.63. The number of hydrogen-bond donors (Lipinski definition) is 0. The van der Waals surface area contributed by atoms with E-state index in [0.717, 1.165) is 0 Å². The van der Waals surface area contributed by atoms with Crippen molar-refractivity contribution < 1.29 is 14.3 Å². The number of hydrogen-bond acceptors (Lipinski definition) is 5. The van der Waals surface area contributed by atoms with Crippen molar-refractivity contribution in [1.29, 1.82) is 0 Å². The first-order valence-corrected chi connectivity index (χ1v) is 7.52. The summed E-state index contributed by atoms with van der Waals surface area (Å²) in [5.74, 6) is 0.116. The summed E-state index contributed by atoms with van der Waals surface area (Å²) in [6.07, 6.45) is 1.46. The third-order valence-corrected chi connectivity index (χ3v) is 3.43. The maximum absolute atomic E-state index is 12.3. The maximum atomic E-state index is 12.3. The smallest absolute Gasteiger partial charge is 0.344 e. The van der Waals surface area contributed by atoms with Gasteiger partial charge in [0, 0.05) is 0 Å². The Morgan fingerprint density at radius 3 is 2.62 bits per heavy atom. The van der Waals surface area contributed by atoms with Crippen LogP contribution in [0.25, 0.3) is 10.9 Å². The van der Waals surface area contributed by atoms with Crippen LogP contribution in [0.4, 0.5) is 0 Å². The second-order valence-electron chi connectivity index (χ2n) is 5.08. The number of nitrogens with zero attached hydrogens (tertiary/aromatic N) is 2. The van der Waals surface area contributed by atoms with Gasteiger partial charge in [-0.25, -0.2) is 9.78 Å². The molecule has 122 valence electrons. The van der Waals surface area contributed by atoms with E-state index in [9.17, 15) is 9.59 Å². The Morgan fingerprint density at radius 2 is 1.79 bits per heavy atom. The Kier molecular flexibility index (Phi) is 4.86. The first kappa shape index (κ1) is 15.7. The molecule has 3 rings (SSSR count). The lowest BCUT2D eigenvalue weighted by atomic mass is 10.2. The van der Waals surface area contributed by atoms with Crippen molar-refractivity contribution in [2.45, 2.75) is 6.54 Å². The highest BCUT2D eigenvalue weighted by molar-refractivity contribution is 5.76.